The maximum Gasteiger partial charge on any atom is 0.132 e. The molecule has 0 radical (unpaired) electrons. The van der Waals surface area contributed by atoms with E-state index in [9.17, 15) is 0 Å². The first-order valence-electron chi connectivity index (χ1n) is 5.13. The van der Waals surface area contributed by atoms with Gasteiger partial charge >= 0.3 is 0 Å². The number of rotatable bonds is 4. The zero-order chi connectivity index (χ0) is 12.2. The van der Waals surface area contributed by atoms with E-state index in [4.69, 9.17) is 15.7 Å². The molecule has 0 aliphatic rings. The van der Waals surface area contributed by atoms with Crippen LogP contribution >= 0.6 is 12.4 Å². The van der Waals surface area contributed by atoms with Gasteiger partial charge in [-0.15, -0.1) is 12.4 Å². The number of benzene rings is 1. The zero-order valence-electron chi connectivity index (χ0n) is 10.3. The van der Waals surface area contributed by atoms with Gasteiger partial charge in [0, 0.05) is 0 Å². The largest absolute Gasteiger partial charge is 0.487 e. The van der Waals surface area contributed by atoms with Gasteiger partial charge < -0.3 is 15.7 Å². The maximum absolute atomic E-state index is 8.81. The zero-order valence-corrected chi connectivity index (χ0v) is 11.1. The van der Waals surface area contributed by atoms with Gasteiger partial charge in [-0.25, -0.2) is 0 Å². The van der Waals surface area contributed by atoms with E-state index in [1.165, 1.54) is 5.56 Å². The molecule has 0 spiro atoms. The van der Waals surface area contributed by atoms with E-state index in [2.05, 4.69) is 5.16 Å². The van der Waals surface area contributed by atoms with Gasteiger partial charge in [0.15, 0.2) is 0 Å². The van der Waals surface area contributed by atoms with E-state index in [0.29, 0.717) is 5.71 Å². The molecule has 0 bridgehead atoms. The maximum atomic E-state index is 8.81. The molecule has 17 heavy (non-hydrogen) atoms. The van der Waals surface area contributed by atoms with Crippen molar-refractivity contribution in [3.63, 3.8) is 0 Å². The van der Waals surface area contributed by atoms with Crippen LogP contribution in [0.1, 0.15) is 19.4 Å². The summed E-state index contributed by atoms with van der Waals surface area (Å²) in [5.74, 6) is 0.732. The van der Waals surface area contributed by atoms with E-state index < -0.39 is 5.54 Å². The van der Waals surface area contributed by atoms with Gasteiger partial charge in [0.05, 0.1) is 5.54 Å². The van der Waals surface area contributed by atoms with Crippen molar-refractivity contribution < 1.29 is 9.94 Å². The summed E-state index contributed by atoms with van der Waals surface area (Å²) >= 11 is 0. The smallest absolute Gasteiger partial charge is 0.132 e. The average Bonchev–Trinajstić information content (AvgIpc) is 2.19. The number of aryl methyl sites for hydroxylation is 1. The Bertz CT molecular complexity index is 369. The predicted molar refractivity (Wildman–Crippen MR) is 71.4 cm³/mol. The molecule has 0 aliphatic carbocycles. The van der Waals surface area contributed by atoms with Crippen molar-refractivity contribution in [1.82, 2.24) is 0 Å². The highest BCUT2D eigenvalue weighted by Gasteiger charge is 2.20. The molecule has 1 rings (SSSR count). The van der Waals surface area contributed by atoms with Crippen molar-refractivity contribution in [3.8, 4) is 5.75 Å². The minimum atomic E-state index is -0.681. The van der Waals surface area contributed by atoms with Crippen molar-refractivity contribution in [1.29, 1.82) is 0 Å². The van der Waals surface area contributed by atoms with Crippen LogP contribution in [-0.2, 0) is 0 Å². The minimum absolute atomic E-state index is 0. The summed E-state index contributed by atoms with van der Waals surface area (Å²) in [5, 5.41) is 12.0. The first-order valence-corrected chi connectivity index (χ1v) is 5.13. The number of nitrogens with two attached hydrogens (primary N) is 1. The topological polar surface area (TPSA) is 67.8 Å². The lowest BCUT2D eigenvalue weighted by Gasteiger charge is -2.20. The van der Waals surface area contributed by atoms with E-state index in [0.717, 1.165) is 5.75 Å². The van der Waals surface area contributed by atoms with Crippen molar-refractivity contribution >= 4 is 18.1 Å². The Morgan fingerprint density at radius 1 is 1.35 bits per heavy atom. The fourth-order valence-electron chi connectivity index (χ4n) is 1.13. The molecular weight excluding hydrogens is 240 g/mol. The van der Waals surface area contributed by atoms with Gasteiger partial charge in [-0.1, -0.05) is 22.9 Å². The molecule has 4 nitrogen and oxygen atoms in total. The number of halogens is 1. The predicted octanol–water partition coefficient (Wildman–Crippen LogP) is 2.36. The molecule has 0 heterocycles. The third kappa shape index (κ3) is 5.06. The van der Waals surface area contributed by atoms with Crippen LogP contribution in [0.15, 0.2) is 29.4 Å². The standard InChI is InChI=1S/C12H18N2O2.ClH/c1-9-4-6-10(7-5-9)16-8-11(14-15)12(2,3)13;/h4-7,15H,8,13H2,1-3H3;1H. The van der Waals surface area contributed by atoms with Crippen LogP contribution in [0.25, 0.3) is 0 Å². The van der Waals surface area contributed by atoms with E-state index in [-0.39, 0.29) is 19.0 Å². The monoisotopic (exact) mass is 258 g/mol. The van der Waals surface area contributed by atoms with Crippen LogP contribution in [0.3, 0.4) is 0 Å². The average molecular weight is 259 g/mol. The highest BCUT2D eigenvalue weighted by molar-refractivity contribution is 5.93. The lowest BCUT2D eigenvalue weighted by molar-refractivity contribution is 0.299. The normalized spacial score (nSPS) is 11.9. The molecule has 5 heteroatoms. The Morgan fingerprint density at radius 2 is 1.88 bits per heavy atom. The molecule has 3 N–H and O–H groups in total. The third-order valence-electron chi connectivity index (χ3n) is 2.26. The number of hydrogen-bond donors (Lipinski definition) is 2. The molecule has 0 unspecified atom stereocenters. The summed E-state index contributed by atoms with van der Waals surface area (Å²) in [6, 6.07) is 7.65. The van der Waals surface area contributed by atoms with Gasteiger partial charge in [0.2, 0.25) is 0 Å². The first kappa shape index (κ1) is 15.7. The minimum Gasteiger partial charge on any atom is -0.487 e. The van der Waals surface area contributed by atoms with Crippen molar-refractivity contribution in [2.75, 3.05) is 6.61 Å². The molecule has 0 atom stereocenters. The van der Waals surface area contributed by atoms with E-state index in [1.54, 1.807) is 13.8 Å². The van der Waals surface area contributed by atoms with Crippen molar-refractivity contribution in [2.24, 2.45) is 10.9 Å². The van der Waals surface area contributed by atoms with Gasteiger partial charge in [0.25, 0.3) is 0 Å². The fraction of sp³-hybridized carbons (Fsp3) is 0.417. The van der Waals surface area contributed by atoms with Crippen LogP contribution in [0, 0.1) is 6.92 Å². The quantitative estimate of drug-likeness (QED) is 0.495. The van der Waals surface area contributed by atoms with Gasteiger partial charge in [-0.05, 0) is 32.9 Å². The van der Waals surface area contributed by atoms with E-state index in [1.807, 2.05) is 31.2 Å². The van der Waals surface area contributed by atoms with E-state index >= 15 is 0 Å². The highest BCUT2D eigenvalue weighted by Crippen LogP contribution is 2.12. The number of ether oxygens (including phenoxy) is 1. The molecule has 0 saturated heterocycles. The Kier molecular flexibility index (Phi) is 5.99. The van der Waals surface area contributed by atoms with Gasteiger partial charge in [-0.3, -0.25) is 0 Å². The summed E-state index contributed by atoms with van der Waals surface area (Å²) in [7, 11) is 0. The summed E-state index contributed by atoms with van der Waals surface area (Å²) in [6.45, 7) is 5.72. The molecule has 0 fully saturated rings. The summed E-state index contributed by atoms with van der Waals surface area (Å²) in [5.41, 5.74) is 6.71. The SMILES string of the molecule is Cc1ccc(OCC(=NO)C(C)(C)N)cc1.Cl. The molecular formula is C12H19ClN2O2. The molecule has 0 saturated carbocycles. The molecule has 1 aromatic rings. The Balaban J connectivity index is 0.00000256. The second-order valence-corrected chi connectivity index (χ2v) is 4.37. The van der Waals surface area contributed by atoms with Crippen LogP contribution < -0.4 is 10.5 Å². The second kappa shape index (κ2) is 6.47. The summed E-state index contributed by atoms with van der Waals surface area (Å²) in [6.07, 6.45) is 0. The summed E-state index contributed by atoms with van der Waals surface area (Å²) in [4.78, 5) is 0. The molecule has 96 valence electrons. The number of nitrogens with zero attached hydrogens (tertiary/aromatic N) is 1. The van der Waals surface area contributed by atoms with Crippen molar-refractivity contribution in [3.05, 3.63) is 29.8 Å². The number of hydrogen-bond acceptors (Lipinski definition) is 4. The second-order valence-electron chi connectivity index (χ2n) is 4.37. The van der Waals surface area contributed by atoms with Gasteiger partial charge in [0.1, 0.15) is 18.1 Å². The highest BCUT2D eigenvalue weighted by atomic mass is 35.5. The van der Waals surface area contributed by atoms with Crippen LogP contribution in [0.2, 0.25) is 0 Å². The molecule has 1 aromatic carbocycles. The van der Waals surface area contributed by atoms with Gasteiger partial charge in [-0.2, -0.15) is 0 Å². The lowest BCUT2D eigenvalue weighted by atomic mass is 10.0. The Morgan fingerprint density at radius 3 is 2.29 bits per heavy atom. The molecule has 0 aromatic heterocycles. The molecule has 0 amide bonds. The third-order valence-corrected chi connectivity index (χ3v) is 2.26. The van der Waals surface area contributed by atoms with Crippen LogP contribution in [-0.4, -0.2) is 23.1 Å². The Hall–Kier alpha value is -1.26. The first-order chi connectivity index (χ1) is 7.43. The van der Waals surface area contributed by atoms with Crippen LogP contribution in [0.4, 0.5) is 0 Å². The fourth-order valence-corrected chi connectivity index (χ4v) is 1.13. The van der Waals surface area contributed by atoms with Crippen molar-refractivity contribution in [2.45, 2.75) is 26.3 Å². The van der Waals surface area contributed by atoms with Crippen LogP contribution in [0.5, 0.6) is 5.75 Å². The number of oxime groups is 1. The summed E-state index contributed by atoms with van der Waals surface area (Å²) < 4.78 is 5.47. The lowest BCUT2D eigenvalue weighted by Crippen LogP contribution is -2.44. The Labute approximate surface area is 108 Å². The molecule has 0 aliphatic heterocycles.